The highest BCUT2D eigenvalue weighted by molar-refractivity contribution is 7.92. The number of rotatable bonds is 12. The molecule has 184 valence electrons. The number of aliphatic hydroxyl groups excluding tert-OH is 1. The number of carbonyl (C=O) groups is 1. The number of carbonyl (C=O) groups excluding carboxylic acids is 1. The smallest absolute Gasteiger partial charge is 0.305 e. The number of sulfonamides is 1. The van der Waals surface area contributed by atoms with Crippen LogP contribution < -0.4 is 9.46 Å². The van der Waals surface area contributed by atoms with E-state index in [1.807, 2.05) is 30.3 Å². The van der Waals surface area contributed by atoms with Crippen molar-refractivity contribution in [2.75, 3.05) is 18.4 Å². The zero-order chi connectivity index (χ0) is 25.1. The molecule has 7 nitrogen and oxygen atoms in total. The first-order valence-electron chi connectivity index (χ1n) is 11.2. The van der Waals surface area contributed by atoms with Crippen LogP contribution in [-0.4, -0.2) is 39.3 Å². The third-order valence-corrected chi connectivity index (χ3v) is 6.57. The summed E-state index contributed by atoms with van der Waals surface area (Å²) in [7, 11) is -2.32. The van der Waals surface area contributed by atoms with Crippen molar-refractivity contribution < 1.29 is 27.8 Å². The first kappa shape index (κ1) is 26.0. The van der Waals surface area contributed by atoms with Gasteiger partial charge in [-0.15, -0.1) is 0 Å². The van der Waals surface area contributed by atoms with E-state index in [0.29, 0.717) is 24.3 Å². The van der Waals surface area contributed by atoms with Gasteiger partial charge < -0.3 is 14.6 Å². The summed E-state index contributed by atoms with van der Waals surface area (Å²) in [5, 5.41) is 10.3. The quantitative estimate of drug-likeness (QED) is 0.360. The number of esters is 1. The summed E-state index contributed by atoms with van der Waals surface area (Å²) in [4.78, 5) is 11.6. The SMILES string of the molecule is COC(=O)CCc1ccccc1OCCC(O)/C=C/c1cccc(NS(=O)(=O)c2ccccc2)c1. The van der Waals surface area contributed by atoms with E-state index in [1.165, 1.54) is 19.2 Å². The molecule has 35 heavy (non-hydrogen) atoms. The van der Waals surface area contributed by atoms with E-state index in [-0.39, 0.29) is 23.9 Å². The highest BCUT2D eigenvalue weighted by Crippen LogP contribution is 2.21. The van der Waals surface area contributed by atoms with Gasteiger partial charge in [0.05, 0.1) is 24.7 Å². The Labute approximate surface area is 206 Å². The van der Waals surface area contributed by atoms with E-state index < -0.39 is 16.1 Å². The van der Waals surface area contributed by atoms with Gasteiger partial charge in [-0.1, -0.05) is 60.7 Å². The fourth-order valence-corrected chi connectivity index (χ4v) is 4.39. The molecule has 0 aliphatic heterocycles. The number of aliphatic hydroxyl groups is 1. The van der Waals surface area contributed by atoms with Gasteiger partial charge in [-0.05, 0) is 47.9 Å². The lowest BCUT2D eigenvalue weighted by Gasteiger charge is -2.12. The first-order chi connectivity index (χ1) is 16.9. The molecule has 3 aromatic rings. The summed E-state index contributed by atoms with van der Waals surface area (Å²) in [5.41, 5.74) is 2.07. The van der Waals surface area contributed by atoms with Crippen molar-refractivity contribution in [2.45, 2.75) is 30.3 Å². The van der Waals surface area contributed by atoms with Crippen molar-refractivity contribution >= 4 is 27.8 Å². The minimum Gasteiger partial charge on any atom is -0.493 e. The van der Waals surface area contributed by atoms with Gasteiger partial charge in [0.1, 0.15) is 5.75 Å². The number of methoxy groups -OCH3 is 1. The summed E-state index contributed by atoms with van der Waals surface area (Å²) in [6, 6.07) is 22.5. The molecule has 1 unspecified atom stereocenters. The molecular weight excluding hydrogens is 466 g/mol. The second kappa shape index (κ2) is 12.7. The number of aryl methyl sites for hydroxylation is 1. The minimum atomic E-state index is -3.68. The number of anilines is 1. The van der Waals surface area contributed by atoms with E-state index in [1.54, 1.807) is 48.6 Å². The van der Waals surface area contributed by atoms with Gasteiger partial charge in [0, 0.05) is 18.5 Å². The lowest BCUT2D eigenvalue weighted by Crippen LogP contribution is -2.12. The largest absolute Gasteiger partial charge is 0.493 e. The predicted molar refractivity (Wildman–Crippen MR) is 136 cm³/mol. The van der Waals surface area contributed by atoms with Crippen LogP contribution in [0, 0.1) is 0 Å². The molecular formula is C27H29NO6S. The molecule has 2 N–H and O–H groups in total. The lowest BCUT2D eigenvalue weighted by molar-refractivity contribution is -0.140. The highest BCUT2D eigenvalue weighted by Gasteiger charge is 2.13. The molecule has 8 heteroatoms. The van der Waals surface area contributed by atoms with Gasteiger partial charge >= 0.3 is 5.97 Å². The van der Waals surface area contributed by atoms with Crippen LogP contribution in [0.5, 0.6) is 5.75 Å². The number of ether oxygens (including phenoxy) is 2. The third-order valence-electron chi connectivity index (χ3n) is 5.17. The third kappa shape index (κ3) is 8.27. The van der Waals surface area contributed by atoms with Crippen molar-refractivity contribution in [3.8, 4) is 5.75 Å². The molecule has 0 fully saturated rings. The standard InChI is InChI=1S/C27H29NO6S/c1-33-27(30)17-15-22-9-5-6-13-26(22)34-19-18-24(29)16-14-21-8-7-10-23(20-21)28-35(31,32)25-11-3-2-4-12-25/h2-14,16,20,24,28-29H,15,17-19H2,1H3/b16-14+. The molecule has 0 aliphatic carbocycles. The fraction of sp³-hybridized carbons (Fsp3) is 0.222. The Morgan fingerprint density at radius 3 is 2.54 bits per heavy atom. The van der Waals surface area contributed by atoms with E-state index in [0.717, 1.165) is 11.1 Å². The average Bonchev–Trinajstić information content (AvgIpc) is 2.87. The molecule has 0 saturated heterocycles. The molecule has 3 aromatic carbocycles. The number of hydrogen-bond donors (Lipinski definition) is 2. The normalized spacial score (nSPS) is 12.3. The molecule has 0 heterocycles. The summed E-state index contributed by atoms with van der Waals surface area (Å²) in [6.45, 7) is 0.289. The van der Waals surface area contributed by atoms with Crippen LogP contribution in [0.4, 0.5) is 5.69 Å². The summed E-state index contributed by atoms with van der Waals surface area (Å²) in [5.74, 6) is 0.392. The minimum absolute atomic E-state index is 0.184. The maximum Gasteiger partial charge on any atom is 0.305 e. The topological polar surface area (TPSA) is 102 Å². The zero-order valence-electron chi connectivity index (χ0n) is 19.5. The Morgan fingerprint density at radius 1 is 1.03 bits per heavy atom. The fourth-order valence-electron chi connectivity index (χ4n) is 3.32. The molecule has 3 rings (SSSR count). The number of para-hydroxylation sites is 1. The molecule has 0 spiro atoms. The van der Waals surface area contributed by atoms with Crippen molar-refractivity contribution in [2.24, 2.45) is 0 Å². The van der Waals surface area contributed by atoms with Crippen LogP contribution in [-0.2, 0) is 26.0 Å². The molecule has 0 aromatic heterocycles. The van der Waals surface area contributed by atoms with E-state index >= 15 is 0 Å². The van der Waals surface area contributed by atoms with Gasteiger partial charge in [-0.2, -0.15) is 0 Å². The summed E-state index contributed by atoms with van der Waals surface area (Å²) in [6.07, 6.45) is 3.76. The number of hydrogen-bond acceptors (Lipinski definition) is 6. The van der Waals surface area contributed by atoms with Crippen LogP contribution in [0.15, 0.2) is 89.8 Å². The van der Waals surface area contributed by atoms with Gasteiger partial charge in [-0.25, -0.2) is 8.42 Å². The van der Waals surface area contributed by atoms with Crippen LogP contribution in [0.25, 0.3) is 6.08 Å². The van der Waals surface area contributed by atoms with E-state index in [2.05, 4.69) is 9.46 Å². The molecule has 0 bridgehead atoms. The van der Waals surface area contributed by atoms with E-state index in [9.17, 15) is 18.3 Å². The Bertz CT molecular complexity index is 1240. The van der Waals surface area contributed by atoms with Crippen LogP contribution >= 0.6 is 0 Å². The monoisotopic (exact) mass is 495 g/mol. The Kier molecular flexibility index (Phi) is 9.46. The maximum absolute atomic E-state index is 12.5. The Morgan fingerprint density at radius 2 is 1.77 bits per heavy atom. The van der Waals surface area contributed by atoms with E-state index in [4.69, 9.17) is 4.74 Å². The Hall–Kier alpha value is -3.62. The number of nitrogens with one attached hydrogen (secondary N) is 1. The van der Waals surface area contributed by atoms with Crippen LogP contribution in [0.2, 0.25) is 0 Å². The van der Waals surface area contributed by atoms with Crippen LogP contribution in [0.1, 0.15) is 24.0 Å². The molecule has 0 saturated carbocycles. The second-order valence-electron chi connectivity index (χ2n) is 7.79. The maximum atomic E-state index is 12.5. The summed E-state index contributed by atoms with van der Waals surface area (Å²) < 4.78 is 38.1. The lowest BCUT2D eigenvalue weighted by atomic mass is 10.1. The second-order valence-corrected chi connectivity index (χ2v) is 9.47. The highest BCUT2D eigenvalue weighted by atomic mass is 32.2. The zero-order valence-corrected chi connectivity index (χ0v) is 20.3. The van der Waals surface area contributed by atoms with Gasteiger partial charge in [0.15, 0.2) is 0 Å². The molecule has 0 radical (unpaired) electrons. The van der Waals surface area contributed by atoms with Gasteiger partial charge in [0.2, 0.25) is 0 Å². The Balaban J connectivity index is 1.53. The average molecular weight is 496 g/mol. The van der Waals surface area contributed by atoms with Crippen molar-refractivity contribution in [1.29, 1.82) is 0 Å². The summed E-state index contributed by atoms with van der Waals surface area (Å²) >= 11 is 0. The van der Waals surface area contributed by atoms with Gasteiger partial charge in [0.25, 0.3) is 10.0 Å². The number of benzene rings is 3. The van der Waals surface area contributed by atoms with Crippen molar-refractivity contribution in [1.82, 2.24) is 0 Å². The van der Waals surface area contributed by atoms with Crippen molar-refractivity contribution in [3.63, 3.8) is 0 Å². The predicted octanol–water partition coefficient (Wildman–Crippen LogP) is 4.44. The molecule has 0 aliphatic rings. The molecule has 1 atom stereocenters. The molecule has 0 amide bonds. The van der Waals surface area contributed by atoms with Crippen molar-refractivity contribution in [3.05, 3.63) is 96.1 Å². The first-order valence-corrected chi connectivity index (χ1v) is 12.7. The van der Waals surface area contributed by atoms with Gasteiger partial charge in [-0.3, -0.25) is 9.52 Å². The van der Waals surface area contributed by atoms with Crippen LogP contribution in [0.3, 0.4) is 0 Å².